The molecular weight excluding hydrogens is 294 g/mol. The zero-order valence-electron chi connectivity index (χ0n) is 14.3. The van der Waals surface area contributed by atoms with E-state index in [0.29, 0.717) is 18.8 Å². The first kappa shape index (κ1) is 19.0. The van der Waals surface area contributed by atoms with E-state index >= 15 is 0 Å². The molecule has 5 nitrogen and oxygen atoms in total. The molecule has 0 aliphatic heterocycles. The maximum atomic E-state index is 12.4. The molecule has 0 amide bonds. The summed E-state index contributed by atoms with van der Waals surface area (Å²) in [6, 6.07) is 4.40. The van der Waals surface area contributed by atoms with Gasteiger partial charge < -0.3 is 14.7 Å². The molecule has 0 bridgehead atoms. The predicted molar refractivity (Wildman–Crippen MR) is 91.1 cm³/mol. The van der Waals surface area contributed by atoms with Gasteiger partial charge in [-0.05, 0) is 32.4 Å². The smallest absolute Gasteiger partial charge is 0.379 e. The average molecular weight is 321 g/mol. The van der Waals surface area contributed by atoms with Crippen LogP contribution in [-0.2, 0) is 9.53 Å². The van der Waals surface area contributed by atoms with Gasteiger partial charge in [-0.3, -0.25) is 4.79 Å². The van der Waals surface area contributed by atoms with Crippen molar-refractivity contribution in [2.75, 3.05) is 24.6 Å². The molecule has 5 heteroatoms. The standard InChI is InChI=1S/C18H27NO4/c1-4-7-8-9-12-23-18(22)17(21)15-11-10-14(20)13-16(15)19(5-2)6-3/h10-11,13,20H,4-9,12H2,1-3H3. The number of phenols is 1. The van der Waals surface area contributed by atoms with Crippen LogP contribution in [-0.4, -0.2) is 36.6 Å². The minimum absolute atomic E-state index is 0.0661. The number of ether oxygens (including phenoxy) is 1. The summed E-state index contributed by atoms with van der Waals surface area (Å²) in [5, 5.41) is 9.67. The van der Waals surface area contributed by atoms with Crippen molar-refractivity contribution in [2.45, 2.75) is 46.5 Å². The molecule has 0 radical (unpaired) electrons. The van der Waals surface area contributed by atoms with Crippen LogP contribution >= 0.6 is 0 Å². The van der Waals surface area contributed by atoms with Crippen molar-refractivity contribution < 1.29 is 19.4 Å². The third-order valence-corrected chi connectivity index (χ3v) is 3.75. The Balaban J connectivity index is 2.80. The molecule has 128 valence electrons. The van der Waals surface area contributed by atoms with E-state index in [9.17, 15) is 14.7 Å². The first-order valence-corrected chi connectivity index (χ1v) is 8.34. The van der Waals surface area contributed by atoms with Crippen molar-refractivity contribution >= 4 is 17.4 Å². The van der Waals surface area contributed by atoms with Crippen LogP contribution in [0.5, 0.6) is 5.75 Å². The van der Waals surface area contributed by atoms with Crippen LogP contribution in [0, 0.1) is 0 Å². The van der Waals surface area contributed by atoms with Gasteiger partial charge in [-0.25, -0.2) is 4.79 Å². The topological polar surface area (TPSA) is 66.8 Å². The van der Waals surface area contributed by atoms with Crippen molar-refractivity contribution in [3.63, 3.8) is 0 Å². The van der Waals surface area contributed by atoms with Crippen molar-refractivity contribution in [3.05, 3.63) is 23.8 Å². The summed E-state index contributed by atoms with van der Waals surface area (Å²) in [5.41, 5.74) is 0.827. The number of unbranched alkanes of at least 4 members (excludes halogenated alkanes) is 3. The number of phenolic OH excluding ortho intramolecular Hbond substituents is 1. The fourth-order valence-corrected chi connectivity index (χ4v) is 2.41. The van der Waals surface area contributed by atoms with Crippen LogP contribution in [0.3, 0.4) is 0 Å². The van der Waals surface area contributed by atoms with E-state index in [1.54, 1.807) is 0 Å². The third kappa shape index (κ3) is 5.58. The second kappa shape index (κ2) is 9.87. The lowest BCUT2D eigenvalue weighted by Crippen LogP contribution is -2.26. The molecule has 0 aromatic heterocycles. The van der Waals surface area contributed by atoms with Crippen LogP contribution in [0.4, 0.5) is 5.69 Å². The van der Waals surface area contributed by atoms with Crippen molar-refractivity contribution in [1.29, 1.82) is 0 Å². The largest absolute Gasteiger partial charge is 0.508 e. The molecule has 23 heavy (non-hydrogen) atoms. The molecule has 0 fully saturated rings. The Morgan fingerprint density at radius 2 is 1.78 bits per heavy atom. The van der Waals surface area contributed by atoms with E-state index < -0.39 is 11.8 Å². The zero-order chi connectivity index (χ0) is 17.2. The average Bonchev–Trinajstić information content (AvgIpc) is 2.55. The van der Waals surface area contributed by atoms with Gasteiger partial charge in [-0.15, -0.1) is 0 Å². The molecule has 1 aromatic carbocycles. The van der Waals surface area contributed by atoms with E-state index in [0.717, 1.165) is 25.7 Å². The Kier molecular flexibility index (Phi) is 8.16. The van der Waals surface area contributed by atoms with Gasteiger partial charge >= 0.3 is 5.97 Å². The van der Waals surface area contributed by atoms with Crippen LogP contribution < -0.4 is 4.90 Å². The number of hydrogen-bond acceptors (Lipinski definition) is 5. The summed E-state index contributed by atoms with van der Waals surface area (Å²) in [5.74, 6) is -1.43. The number of hydrogen-bond donors (Lipinski definition) is 1. The van der Waals surface area contributed by atoms with E-state index in [1.807, 2.05) is 18.7 Å². The van der Waals surface area contributed by atoms with Gasteiger partial charge in [0.05, 0.1) is 17.9 Å². The monoisotopic (exact) mass is 321 g/mol. The minimum atomic E-state index is -0.833. The number of carbonyl (C=O) groups excluding carboxylic acids is 2. The summed E-state index contributed by atoms with van der Waals surface area (Å²) >= 11 is 0. The number of carbonyl (C=O) groups is 2. The van der Waals surface area contributed by atoms with Gasteiger partial charge in [-0.2, -0.15) is 0 Å². The highest BCUT2D eigenvalue weighted by molar-refractivity contribution is 6.41. The predicted octanol–water partition coefficient (Wildman–Crippen LogP) is 3.54. The summed E-state index contributed by atoms with van der Waals surface area (Å²) in [6.07, 6.45) is 3.95. The van der Waals surface area contributed by atoms with Gasteiger partial charge in [0.25, 0.3) is 5.78 Å². The second-order valence-corrected chi connectivity index (χ2v) is 5.40. The number of aromatic hydroxyl groups is 1. The molecule has 0 heterocycles. The number of ketones is 1. The normalized spacial score (nSPS) is 10.4. The molecule has 1 aromatic rings. The SMILES string of the molecule is CCCCCCOC(=O)C(=O)c1ccc(O)cc1N(CC)CC. The first-order valence-electron chi connectivity index (χ1n) is 8.34. The molecule has 0 aliphatic carbocycles. The molecule has 1 rings (SSSR count). The molecule has 0 aliphatic rings. The molecule has 0 atom stereocenters. The summed E-state index contributed by atoms with van der Waals surface area (Å²) < 4.78 is 5.07. The van der Waals surface area contributed by atoms with E-state index in [4.69, 9.17) is 4.74 Å². The maximum absolute atomic E-state index is 12.4. The minimum Gasteiger partial charge on any atom is -0.508 e. The van der Waals surface area contributed by atoms with Crippen molar-refractivity contribution in [2.24, 2.45) is 0 Å². The molecule has 0 saturated heterocycles. The van der Waals surface area contributed by atoms with Crippen molar-refractivity contribution in [3.8, 4) is 5.75 Å². The summed E-state index contributed by atoms with van der Waals surface area (Å²) in [6.45, 7) is 7.62. The number of benzene rings is 1. The highest BCUT2D eigenvalue weighted by Crippen LogP contribution is 2.26. The zero-order valence-corrected chi connectivity index (χ0v) is 14.3. The molecular formula is C18H27NO4. The number of nitrogens with zero attached hydrogens (tertiary/aromatic N) is 1. The van der Waals surface area contributed by atoms with Crippen LogP contribution in [0.2, 0.25) is 0 Å². The molecule has 0 spiro atoms. The Labute approximate surface area is 138 Å². The Hall–Kier alpha value is -2.04. The number of esters is 1. The highest BCUT2D eigenvalue weighted by Gasteiger charge is 2.23. The summed E-state index contributed by atoms with van der Waals surface area (Å²) in [4.78, 5) is 26.2. The van der Waals surface area contributed by atoms with Gasteiger partial charge in [0.1, 0.15) is 5.75 Å². The molecule has 0 saturated carbocycles. The number of Topliss-reactive ketones (excluding diaryl/α,β-unsaturated/α-hetero) is 1. The Morgan fingerprint density at radius 1 is 1.09 bits per heavy atom. The number of rotatable bonds is 10. The highest BCUT2D eigenvalue weighted by atomic mass is 16.5. The Bertz CT molecular complexity index is 524. The maximum Gasteiger partial charge on any atom is 0.379 e. The van der Waals surface area contributed by atoms with E-state index in [2.05, 4.69) is 6.92 Å². The lowest BCUT2D eigenvalue weighted by atomic mass is 10.1. The lowest BCUT2D eigenvalue weighted by Gasteiger charge is -2.23. The summed E-state index contributed by atoms with van der Waals surface area (Å²) in [7, 11) is 0. The molecule has 0 unspecified atom stereocenters. The van der Waals surface area contributed by atoms with Crippen molar-refractivity contribution in [1.82, 2.24) is 0 Å². The molecule has 1 N–H and O–H groups in total. The van der Waals surface area contributed by atoms with Gasteiger partial charge in [0.2, 0.25) is 0 Å². The Morgan fingerprint density at radius 3 is 2.39 bits per heavy atom. The van der Waals surface area contributed by atoms with Gasteiger partial charge in [0, 0.05) is 19.2 Å². The fourth-order valence-electron chi connectivity index (χ4n) is 2.41. The van der Waals surface area contributed by atoms with E-state index in [1.165, 1.54) is 18.2 Å². The van der Waals surface area contributed by atoms with Crippen LogP contribution in [0.25, 0.3) is 0 Å². The van der Waals surface area contributed by atoms with Gasteiger partial charge in [0.15, 0.2) is 0 Å². The third-order valence-electron chi connectivity index (χ3n) is 3.75. The van der Waals surface area contributed by atoms with Crippen LogP contribution in [0.15, 0.2) is 18.2 Å². The lowest BCUT2D eigenvalue weighted by molar-refractivity contribution is -0.138. The number of anilines is 1. The fraction of sp³-hybridized carbons (Fsp3) is 0.556. The van der Waals surface area contributed by atoms with Gasteiger partial charge in [-0.1, -0.05) is 26.2 Å². The quantitative estimate of drug-likeness (QED) is 0.309. The second-order valence-electron chi connectivity index (χ2n) is 5.40. The van der Waals surface area contributed by atoms with Crippen LogP contribution in [0.1, 0.15) is 56.8 Å². The first-order chi connectivity index (χ1) is 11.0. The van der Waals surface area contributed by atoms with E-state index in [-0.39, 0.29) is 17.9 Å².